The fourth-order valence-electron chi connectivity index (χ4n) is 4.61. The average molecular weight is 236 g/mol. The maximum atomic E-state index is 6.22. The number of rotatable bonds is 1. The average Bonchev–Trinajstić information content (AvgIpc) is 2.56. The lowest BCUT2D eigenvalue weighted by atomic mass is 9.80. The van der Waals surface area contributed by atoms with Crippen molar-refractivity contribution in [3.8, 4) is 0 Å². The first kappa shape index (κ1) is 12.0. The fourth-order valence-corrected chi connectivity index (χ4v) is 4.61. The van der Waals surface area contributed by atoms with Crippen LogP contribution in [0.1, 0.15) is 70.6 Å². The molecule has 0 aromatic carbocycles. The molecule has 1 saturated carbocycles. The zero-order valence-electron chi connectivity index (χ0n) is 11.1. The van der Waals surface area contributed by atoms with Crippen LogP contribution in [0.15, 0.2) is 0 Å². The SMILES string of the molecule is NC1CC2CCCC(C1)N2C1CCCCCC1. The number of piperidine rings is 2. The highest BCUT2D eigenvalue weighted by Gasteiger charge is 2.40. The first-order chi connectivity index (χ1) is 8.34. The van der Waals surface area contributed by atoms with E-state index in [1.807, 2.05) is 0 Å². The summed E-state index contributed by atoms with van der Waals surface area (Å²) in [6, 6.07) is 3.06. The fraction of sp³-hybridized carbons (Fsp3) is 1.00. The topological polar surface area (TPSA) is 29.3 Å². The van der Waals surface area contributed by atoms with Crippen LogP contribution >= 0.6 is 0 Å². The third-order valence-electron chi connectivity index (χ3n) is 5.31. The Hall–Kier alpha value is -0.0800. The Bertz CT molecular complexity index is 231. The second kappa shape index (κ2) is 5.27. The summed E-state index contributed by atoms with van der Waals surface area (Å²) in [5.74, 6) is 0. The summed E-state index contributed by atoms with van der Waals surface area (Å²) < 4.78 is 0. The van der Waals surface area contributed by atoms with Crippen molar-refractivity contribution < 1.29 is 0 Å². The summed E-state index contributed by atoms with van der Waals surface area (Å²) in [7, 11) is 0. The standard InChI is InChI=1S/C15H28N2/c16-12-10-14-8-5-9-15(11-12)17(14)13-6-3-1-2-4-7-13/h12-15H,1-11,16H2. The normalized spacial score (nSPS) is 41.1. The van der Waals surface area contributed by atoms with Gasteiger partial charge in [-0.05, 0) is 38.5 Å². The van der Waals surface area contributed by atoms with E-state index in [-0.39, 0.29) is 0 Å². The van der Waals surface area contributed by atoms with Crippen molar-refractivity contribution in [2.24, 2.45) is 5.73 Å². The molecule has 3 fully saturated rings. The largest absolute Gasteiger partial charge is 0.328 e. The van der Waals surface area contributed by atoms with Gasteiger partial charge in [0.25, 0.3) is 0 Å². The Balaban J connectivity index is 1.71. The van der Waals surface area contributed by atoms with Gasteiger partial charge in [-0.15, -0.1) is 0 Å². The van der Waals surface area contributed by atoms with Gasteiger partial charge in [-0.1, -0.05) is 32.1 Å². The number of nitrogens with zero attached hydrogens (tertiary/aromatic N) is 1. The molecule has 3 rings (SSSR count). The van der Waals surface area contributed by atoms with E-state index < -0.39 is 0 Å². The molecule has 0 radical (unpaired) electrons. The molecule has 3 aliphatic rings. The van der Waals surface area contributed by atoms with Crippen LogP contribution in [-0.2, 0) is 0 Å². The van der Waals surface area contributed by atoms with Gasteiger partial charge in [0.15, 0.2) is 0 Å². The summed E-state index contributed by atoms with van der Waals surface area (Å²) in [5, 5.41) is 0. The van der Waals surface area contributed by atoms with Gasteiger partial charge in [0.05, 0.1) is 0 Å². The highest BCUT2D eigenvalue weighted by atomic mass is 15.2. The van der Waals surface area contributed by atoms with Crippen LogP contribution in [0.4, 0.5) is 0 Å². The minimum atomic E-state index is 0.493. The number of hydrogen-bond acceptors (Lipinski definition) is 2. The van der Waals surface area contributed by atoms with Crippen LogP contribution in [-0.4, -0.2) is 29.1 Å². The zero-order chi connectivity index (χ0) is 11.7. The smallest absolute Gasteiger partial charge is 0.0116 e. The van der Waals surface area contributed by atoms with Crippen LogP contribution in [0.3, 0.4) is 0 Å². The van der Waals surface area contributed by atoms with E-state index in [0.29, 0.717) is 6.04 Å². The molecule has 2 bridgehead atoms. The molecule has 0 amide bonds. The van der Waals surface area contributed by atoms with E-state index in [9.17, 15) is 0 Å². The van der Waals surface area contributed by atoms with E-state index in [0.717, 1.165) is 18.1 Å². The lowest BCUT2D eigenvalue weighted by Crippen LogP contribution is -2.58. The maximum absolute atomic E-state index is 6.22. The second-order valence-electron chi connectivity index (χ2n) is 6.56. The molecule has 2 N–H and O–H groups in total. The van der Waals surface area contributed by atoms with Crippen LogP contribution in [0.5, 0.6) is 0 Å². The van der Waals surface area contributed by atoms with E-state index in [2.05, 4.69) is 4.90 Å². The Morgan fingerprint density at radius 1 is 0.647 bits per heavy atom. The van der Waals surface area contributed by atoms with Gasteiger partial charge in [0, 0.05) is 24.2 Å². The van der Waals surface area contributed by atoms with E-state index in [4.69, 9.17) is 5.73 Å². The molecule has 2 atom stereocenters. The summed E-state index contributed by atoms with van der Waals surface area (Å²) in [5.41, 5.74) is 6.22. The molecule has 98 valence electrons. The van der Waals surface area contributed by atoms with Gasteiger partial charge in [0.1, 0.15) is 0 Å². The number of fused-ring (bicyclic) bond motifs is 2. The van der Waals surface area contributed by atoms with Crippen molar-refractivity contribution in [3.05, 3.63) is 0 Å². The molecule has 2 heterocycles. The molecule has 2 nitrogen and oxygen atoms in total. The van der Waals surface area contributed by atoms with Gasteiger partial charge in [-0.2, -0.15) is 0 Å². The number of hydrogen-bond donors (Lipinski definition) is 1. The zero-order valence-corrected chi connectivity index (χ0v) is 11.1. The van der Waals surface area contributed by atoms with Crippen LogP contribution in [0.25, 0.3) is 0 Å². The predicted octanol–water partition coefficient (Wildman–Crippen LogP) is 3.05. The second-order valence-corrected chi connectivity index (χ2v) is 6.56. The molecule has 1 aliphatic carbocycles. The van der Waals surface area contributed by atoms with Crippen molar-refractivity contribution >= 4 is 0 Å². The molecule has 2 aliphatic heterocycles. The minimum absolute atomic E-state index is 0.493. The molecule has 2 unspecified atom stereocenters. The van der Waals surface area contributed by atoms with Crippen molar-refractivity contribution in [1.29, 1.82) is 0 Å². The van der Waals surface area contributed by atoms with Crippen molar-refractivity contribution in [3.63, 3.8) is 0 Å². The van der Waals surface area contributed by atoms with Gasteiger partial charge in [-0.25, -0.2) is 0 Å². The molecular weight excluding hydrogens is 208 g/mol. The number of nitrogens with two attached hydrogens (primary N) is 1. The van der Waals surface area contributed by atoms with Crippen LogP contribution in [0.2, 0.25) is 0 Å². The summed E-state index contributed by atoms with van der Waals surface area (Å²) in [6.45, 7) is 0. The highest BCUT2D eigenvalue weighted by Crippen LogP contribution is 2.38. The van der Waals surface area contributed by atoms with Gasteiger partial charge < -0.3 is 5.73 Å². The lowest BCUT2D eigenvalue weighted by Gasteiger charge is -2.51. The van der Waals surface area contributed by atoms with E-state index in [1.54, 1.807) is 0 Å². The first-order valence-corrected chi connectivity index (χ1v) is 7.87. The molecule has 0 spiro atoms. The molecule has 2 saturated heterocycles. The van der Waals surface area contributed by atoms with Gasteiger partial charge in [-0.3, -0.25) is 4.90 Å². The Morgan fingerprint density at radius 2 is 1.18 bits per heavy atom. The van der Waals surface area contributed by atoms with Crippen LogP contribution in [0, 0.1) is 0 Å². The monoisotopic (exact) mass is 236 g/mol. The highest BCUT2D eigenvalue weighted by molar-refractivity contribution is 4.97. The summed E-state index contributed by atoms with van der Waals surface area (Å²) in [6.07, 6.45) is 15.6. The van der Waals surface area contributed by atoms with Gasteiger partial charge in [0.2, 0.25) is 0 Å². The van der Waals surface area contributed by atoms with Crippen LogP contribution < -0.4 is 5.73 Å². The molecule has 0 aromatic rings. The third kappa shape index (κ3) is 2.53. The van der Waals surface area contributed by atoms with Crippen molar-refractivity contribution in [2.45, 2.75) is 94.8 Å². The third-order valence-corrected chi connectivity index (χ3v) is 5.31. The molecule has 17 heavy (non-hydrogen) atoms. The maximum Gasteiger partial charge on any atom is 0.0116 e. The predicted molar refractivity (Wildman–Crippen MR) is 72.0 cm³/mol. The van der Waals surface area contributed by atoms with Crippen molar-refractivity contribution in [2.75, 3.05) is 0 Å². The first-order valence-electron chi connectivity index (χ1n) is 7.87. The molecule has 0 aromatic heterocycles. The Kier molecular flexibility index (Phi) is 3.72. The summed E-state index contributed by atoms with van der Waals surface area (Å²) >= 11 is 0. The lowest BCUT2D eigenvalue weighted by molar-refractivity contribution is -0.0102. The summed E-state index contributed by atoms with van der Waals surface area (Å²) in [4.78, 5) is 2.93. The molecule has 2 heteroatoms. The minimum Gasteiger partial charge on any atom is -0.328 e. The molecular formula is C15H28N2. The van der Waals surface area contributed by atoms with E-state index in [1.165, 1.54) is 70.6 Å². The van der Waals surface area contributed by atoms with Crippen molar-refractivity contribution in [1.82, 2.24) is 4.90 Å². The van der Waals surface area contributed by atoms with E-state index >= 15 is 0 Å². The Morgan fingerprint density at radius 3 is 1.76 bits per heavy atom. The van der Waals surface area contributed by atoms with Gasteiger partial charge >= 0.3 is 0 Å². The Labute approximate surface area is 106 Å². The quantitative estimate of drug-likeness (QED) is 0.709.